The molecule has 1 saturated heterocycles. The third-order valence-electron chi connectivity index (χ3n) is 7.55. The summed E-state index contributed by atoms with van der Waals surface area (Å²) in [5, 5.41) is 14.6. The second-order valence-corrected chi connectivity index (χ2v) is 10.1. The van der Waals surface area contributed by atoms with Crippen LogP contribution >= 0.6 is 0 Å². The maximum atomic E-state index is 13.5. The van der Waals surface area contributed by atoms with Gasteiger partial charge in [0.2, 0.25) is 0 Å². The van der Waals surface area contributed by atoms with E-state index in [1.54, 1.807) is 18.1 Å². The number of aryl methyl sites for hydroxylation is 1. The fraction of sp³-hybridized carbons (Fsp3) is 0.444. The zero-order chi connectivity index (χ0) is 25.0. The van der Waals surface area contributed by atoms with Crippen LogP contribution in [0.3, 0.4) is 0 Å². The average Bonchev–Trinajstić information content (AvgIpc) is 3.56. The van der Waals surface area contributed by atoms with Gasteiger partial charge in [-0.15, -0.1) is 0 Å². The first kappa shape index (κ1) is 23.0. The van der Waals surface area contributed by atoms with Crippen molar-refractivity contribution >= 4 is 28.0 Å². The zero-order valence-corrected chi connectivity index (χ0v) is 20.9. The molecule has 2 fully saturated rings. The highest BCUT2D eigenvalue weighted by molar-refractivity contribution is 6.00. The molecule has 4 heterocycles. The van der Waals surface area contributed by atoms with E-state index in [1.165, 1.54) is 12.8 Å². The molecule has 0 bridgehead atoms. The molecule has 188 valence electrons. The number of aromatic nitrogens is 4. The predicted molar refractivity (Wildman–Crippen MR) is 138 cm³/mol. The van der Waals surface area contributed by atoms with Crippen molar-refractivity contribution in [2.75, 3.05) is 27.2 Å². The van der Waals surface area contributed by atoms with Crippen molar-refractivity contribution in [1.29, 1.82) is 0 Å². The number of aliphatic hydroxyl groups excluding tert-OH is 1. The molecule has 4 aromatic rings. The van der Waals surface area contributed by atoms with E-state index in [0.29, 0.717) is 42.3 Å². The number of nitrogens with zero attached hydrogens (tertiary/aromatic N) is 5. The number of benzene rings is 1. The monoisotopic (exact) mass is 488 g/mol. The van der Waals surface area contributed by atoms with Crippen LogP contribution < -0.4 is 10.1 Å². The number of β-amino-alcohol motifs (C(OH)–C–C–N with tert-alkyl or cyclic N) is 1. The normalized spacial score (nSPS) is 20.4. The molecule has 2 atom stereocenters. The van der Waals surface area contributed by atoms with Gasteiger partial charge in [-0.1, -0.05) is 0 Å². The number of hydrogen-bond donors (Lipinski definition) is 2. The Morgan fingerprint density at radius 2 is 2.08 bits per heavy atom. The standard InChI is InChI=1S/C27H32N6O3/c1-28-19-12-20(34)15-32(14-19)27(35)18-9-21-24(23(11-18)36-3)31(2)26(30-21)22-10-17-5-4-8-29-25(17)33(22)13-16-6-7-16/h4-5,8-11,16,19-20,28,34H,6-7,12-15H2,1-3H3/t19-,20-/m1/s1. The van der Waals surface area contributed by atoms with Gasteiger partial charge in [0, 0.05) is 49.9 Å². The molecular weight excluding hydrogens is 456 g/mol. The lowest BCUT2D eigenvalue weighted by atomic mass is 10.0. The predicted octanol–water partition coefficient (Wildman–Crippen LogP) is 2.80. The zero-order valence-electron chi connectivity index (χ0n) is 20.9. The van der Waals surface area contributed by atoms with Crippen molar-refractivity contribution in [1.82, 2.24) is 29.3 Å². The van der Waals surface area contributed by atoms with Crippen LogP contribution in [0.1, 0.15) is 29.6 Å². The first-order valence-electron chi connectivity index (χ1n) is 12.6. The summed E-state index contributed by atoms with van der Waals surface area (Å²) in [7, 11) is 5.46. The van der Waals surface area contributed by atoms with Gasteiger partial charge in [0.1, 0.15) is 16.9 Å². The number of nitrogens with one attached hydrogen (secondary N) is 1. The van der Waals surface area contributed by atoms with Gasteiger partial charge in [0.15, 0.2) is 5.82 Å². The Kier molecular flexibility index (Phi) is 5.69. The number of likely N-dealkylation sites (N-methyl/N-ethyl adjacent to an activating group) is 1. The molecule has 0 spiro atoms. The molecule has 2 aliphatic rings. The number of hydrogen-bond acceptors (Lipinski definition) is 6. The highest BCUT2D eigenvalue weighted by atomic mass is 16.5. The molecule has 36 heavy (non-hydrogen) atoms. The van der Waals surface area contributed by atoms with Gasteiger partial charge in [0.25, 0.3) is 5.91 Å². The number of imidazole rings is 1. The highest BCUT2D eigenvalue weighted by Crippen LogP contribution is 2.37. The van der Waals surface area contributed by atoms with Gasteiger partial charge in [-0.05, 0) is 62.6 Å². The number of rotatable bonds is 6. The minimum atomic E-state index is -0.547. The summed E-state index contributed by atoms with van der Waals surface area (Å²) in [6.07, 6.45) is 4.41. The summed E-state index contributed by atoms with van der Waals surface area (Å²) >= 11 is 0. The molecule has 3 aromatic heterocycles. The van der Waals surface area contributed by atoms with Crippen molar-refractivity contribution in [3.8, 4) is 17.3 Å². The lowest BCUT2D eigenvalue weighted by Gasteiger charge is -2.35. The highest BCUT2D eigenvalue weighted by Gasteiger charge is 2.30. The lowest BCUT2D eigenvalue weighted by molar-refractivity contribution is 0.0389. The summed E-state index contributed by atoms with van der Waals surface area (Å²) in [4.78, 5) is 24.8. The smallest absolute Gasteiger partial charge is 0.254 e. The van der Waals surface area contributed by atoms with Gasteiger partial charge in [-0.2, -0.15) is 0 Å². The Morgan fingerprint density at radius 1 is 1.25 bits per heavy atom. The van der Waals surface area contributed by atoms with E-state index in [2.05, 4.69) is 27.0 Å². The third kappa shape index (κ3) is 3.92. The van der Waals surface area contributed by atoms with Gasteiger partial charge in [-0.3, -0.25) is 4.79 Å². The van der Waals surface area contributed by atoms with E-state index in [-0.39, 0.29) is 11.9 Å². The quantitative estimate of drug-likeness (QED) is 0.433. The molecule has 9 heteroatoms. The molecule has 1 aromatic carbocycles. The van der Waals surface area contributed by atoms with Crippen molar-refractivity contribution < 1.29 is 14.6 Å². The van der Waals surface area contributed by atoms with Gasteiger partial charge < -0.3 is 29.2 Å². The van der Waals surface area contributed by atoms with E-state index in [0.717, 1.165) is 34.6 Å². The van der Waals surface area contributed by atoms with Gasteiger partial charge in [-0.25, -0.2) is 9.97 Å². The molecule has 0 unspecified atom stereocenters. The molecule has 2 N–H and O–H groups in total. The lowest BCUT2D eigenvalue weighted by Crippen LogP contribution is -2.52. The maximum Gasteiger partial charge on any atom is 0.254 e. The molecule has 6 rings (SSSR count). The van der Waals surface area contributed by atoms with E-state index in [4.69, 9.17) is 9.72 Å². The van der Waals surface area contributed by atoms with Crippen molar-refractivity contribution in [2.24, 2.45) is 13.0 Å². The summed E-state index contributed by atoms with van der Waals surface area (Å²) in [5.41, 5.74) is 4.03. The number of likely N-dealkylation sites (tertiary alicyclic amines) is 1. The number of methoxy groups -OCH3 is 1. The summed E-state index contributed by atoms with van der Waals surface area (Å²) in [6, 6.07) is 9.88. The summed E-state index contributed by atoms with van der Waals surface area (Å²) in [6.45, 7) is 1.79. The SMILES string of the molecule is CN[C@@H]1C[C@@H](O)CN(C(=O)c2cc(OC)c3c(c2)nc(-c2cc4cccnc4n2CC2CC2)n3C)C1. The van der Waals surface area contributed by atoms with E-state index in [9.17, 15) is 9.90 Å². The largest absolute Gasteiger partial charge is 0.494 e. The molecule has 9 nitrogen and oxygen atoms in total. The Morgan fingerprint density at radius 3 is 2.83 bits per heavy atom. The number of amides is 1. The van der Waals surface area contributed by atoms with Crippen LogP contribution in [0.2, 0.25) is 0 Å². The van der Waals surface area contributed by atoms with E-state index < -0.39 is 6.10 Å². The van der Waals surface area contributed by atoms with Crippen molar-refractivity contribution in [3.63, 3.8) is 0 Å². The first-order valence-corrected chi connectivity index (χ1v) is 12.6. The minimum absolute atomic E-state index is 0.0618. The van der Waals surface area contributed by atoms with E-state index in [1.807, 2.05) is 37.0 Å². The topological polar surface area (TPSA) is 97.4 Å². The second kappa shape index (κ2) is 8.90. The Bertz CT molecular complexity index is 1450. The maximum absolute atomic E-state index is 13.5. The Labute approximate surface area is 209 Å². The molecule has 1 saturated carbocycles. The number of carbonyl (C=O) groups excluding carboxylic acids is 1. The first-order chi connectivity index (χ1) is 17.5. The van der Waals surface area contributed by atoms with E-state index >= 15 is 0 Å². The average molecular weight is 489 g/mol. The molecular formula is C27H32N6O3. The van der Waals surface area contributed by atoms with Gasteiger partial charge in [0.05, 0.1) is 24.4 Å². The van der Waals surface area contributed by atoms with Crippen LogP contribution in [0.4, 0.5) is 0 Å². The third-order valence-corrected chi connectivity index (χ3v) is 7.55. The number of ether oxygens (including phenoxy) is 1. The summed E-state index contributed by atoms with van der Waals surface area (Å²) < 4.78 is 10.1. The second-order valence-electron chi connectivity index (χ2n) is 10.1. The van der Waals surface area contributed by atoms with Crippen LogP contribution in [0, 0.1) is 5.92 Å². The van der Waals surface area contributed by atoms with Crippen LogP contribution in [0.25, 0.3) is 33.6 Å². The number of piperidine rings is 1. The fourth-order valence-electron chi connectivity index (χ4n) is 5.46. The van der Waals surface area contributed by atoms with Crippen LogP contribution in [-0.2, 0) is 13.6 Å². The Hall–Kier alpha value is -3.43. The molecule has 1 aliphatic heterocycles. The van der Waals surface area contributed by atoms with Crippen LogP contribution in [-0.4, -0.2) is 74.4 Å². The molecule has 1 amide bonds. The number of aliphatic hydroxyl groups is 1. The number of fused-ring (bicyclic) bond motifs is 2. The summed E-state index contributed by atoms with van der Waals surface area (Å²) in [5.74, 6) is 1.96. The Balaban J connectivity index is 1.44. The molecule has 1 aliphatic carbocycles. The molecule has 0 radical (unpaired) electrons. The number of pyridine rings is 1. The fourth-order valence-corrected chi connectivity index (χ4v) is 5.46. The van der Waals surface area contributed by atoms with Crippen LogP contribution in [0.15, 0.2) is 36.5 Å². The van der Waals surface area contributed by atoms with Crippen LogP contribution in [0.5, 0.6) is 5.75 Å². The van der Waals surface area contributed by atoms with Crippen molar-refractivity contribution in [2.45, 2.75) is 38.0 Å². The van der Waals surface area contributed by atoms with Gasteiger partial charge >= 0.3 is 0 Å². The number of carbonyl (C=O) groups is 1. The minimum Gasteiger partial charge on any atom is -0.494 e. The van der Waals surface area contributed by atoms with Crippen molar-refractivity contribution in [3.05, 3.63) is 42.1 Å².